The van der Waals surface area contributed by atoms with E-state index in [9.17, 15) is 4.79 Å². The monoisotopic (exact) mass is 459 g/mol. The average molecular weight is 460 g/mol. The molecule has 0 spiro atoms. The smallest absolute Gasteiger partial charge is 0.231 e. The molecular weight excluding hydrogens is 426 g/mol. The number of likely N-dealkylation sites (tertiary alicyclic amines) is 1. The number of carbonyl (C=O) groups is 1. The van der Waals surface area contributed by atoms with Gasteiger partial charge in [0.1, 0.15) is 5.65 Å². The Balaban J connectivity index is 1.37. The molecule has 1 saturated carbocycles. The van der Waals surface area contributed by atoms with Crippen molar-refractivity contribution in [1.82, 2.24) is 14.3 Å². The third kappa shape index (κ3) is 3.55. The van der Waals surface area contributed by atoms with Gasteiger partial charge in [0.15, 0.2) is 11.5 Å². The van der Waals surface area contributed by atoms with Gasteiger partial charge in [0, 0.05) is 37.3 Å². The van der Waals surface area contributed by atoms with Crippen molar-refractivity contribution in [2.24, 2.45) is 10.8 Å². The SMILES string of the molecule is Cc1cccn2c(C(CC(=O)N3CC4(C)CC3CC(C)(C)C4)c3ccc4c(c3)OCO4)cnc12. The molecule has 0 N–H and O–H groups in total. The van der Waals surface area contributed by atoms with Crippen molar-refractivity contribution >= 4 is 11.6 Å². The van der Waals surface area contributed by atoms with Crippen LogP contribution in [0.2, 0.25) is 0 Å². The predicted octanol–water partition coefficient (Wildman–Crippen LogP) is 5.32. The molecule has 3 atom stereocenters. The van der Waals surface area contributed by atoms with Crippen LogP contribution in [0.4, 0.5) is 0 Å². The van der Waals surface area contributed by atoms with Gasteiger partial charge in [0.05, 0.1) is 5.69 Å². The molecule has 2 fully saturated rings. The van der Waals surface area contributed by atoms with E-state index in [4.69, 9.17) is 14.5 Å². The molecule has 2 aliphatic heterocycles. The molecule has 1 amide bonds. The van der Waals surface area contributed by atoms with Crippen molar-refractivity contribution in [2.75, 3.05) is 13.3 Å². The van der Waals surface area contributed by atoms with Crippen molar-refractivity contribution < 1.29 is 14.3 Å². The molecule has 3 aliphatic rings. The van der Waals surface area contributed by atoms with Crippen LogP contribution in [-0.2, 0) is 4.79 Å². The maximum atomic E-state index is 13.9. The zero-order chi connectivity index (χ0) is 23.7. The van der Waals surface area contributed by atoms with E-state index >= 15 is 0 Å². The van der Waals surface area contributed by atoms with Gasteiger partial charge in [0.25, 0.3) is 0 Å². The van der Waals surface area contributed by atoms with E-state index in [1.54, 1.807) is 0 Å². The Morgan fingerprint density at radius 3 is 2.85 bits per heavy atom. The Kier molecular flexibility index (Phi) is 4.74. The van der Waals surface area contributed by atoms with Gasteiger partial charge in [-0.05, 0) is 66.3 Å². The molecule has 1 saturated heterocycles. The number of imidazole rings is 1. The minimum Gasteiger partial charge on any atom is -0.454 e. The summed E-state index contributed by atoms with van der Waals surface area (Å²) in [7, 11) is 0. The number of benzene rings is 1. The minimum atomic E-state index is -0.125. The van der Waals surface area contributed by atoms with Crippen LogP contribution < -0.4 is 9.47 Å². The minimum absolute atomic E-state index is 0.125. The van der Waals surface area contributed by atoms with Crippen molar-refractivity contribution in [3.05, 3.63) is 59.5 Å². The third-order valence-corrected chi connectivity index (χ3v) is 8.03. The lowest BCUT2D eigenvalue weighted by Crippen LogP contribution is -2.38. The Labute approximate surface area is 200 Å². The van der Waals surface area contributed by atoms with E-state index in [1.165, 1.54) is 6.42 Å². The number of amides is 1. The predicted molar refractivity (Wildman–Crippen MR) is 130 cm³/mol. The summed E-state index contributed by atoms with van der Waals surface area (Å²) in [6.07, 6.45) is 7.76. The van der Waals surface area contributed by atoms with E-state index in [-0.39, 0.29) is 29.4 Å². The summed E-state index contributed by atoms with van der Waals surface area (Å²) in [5, 5.41) is 0. The number of ether oxygens (including phenoxy) is 2. The molecule has 34 heavy (non-hydrogen) atoms. The summed E-state index contributed by atoms with van der Waals surface area (Å²) in [6, 6.07) is 10.5. The fraction of sp³-hybridized carbons (Fsp3) is 0.500. The van der Waals surface area contributed by atoms with Crippen LogP contribution in [0.5, 0.6) is 11.5 Å². The van der Waals surface area contributed by atoms with Crippen molar-refractivity contribution in [3.63, 3.8) is 0 Å². The lowest BCUT2D eigenvalue weighted by molar-refractivity contribution is -0.132. The summed E-state index contributed by atoms with van der Waals surface area (Å²) in [6.45, 7) is 10.2. The topological polar surface area (TPSA) is 56.1 Å². The molecule has 4 heterocycles. The first-order valence-electron chi connectivity index (χ1n) is 12.3. The number of carbonyl (C=O) groups excluding carboxylic acids is 1. The number of pyridine rings is 1. The molecule has 6 heteroatoms. The van der Waals surface area contributed by atoms with E-state index in [0.29, 0.717) is 12.5 Å². The normalized spacial score (nSPS) is 25.6. The molecule has 6 rings (SSSR count). The second-order valence-corrected chi connectivity index (χ2v) is 11.7. The summed E-state index contributed by atoms with van der Waals surface area (Å²) in [5.74, 6) is 1.61. The highest BCUT2D eigenvalue weighted by atomic mass is 16.7. The number of rotatable bonds is 4. The zero-order valence-corrected chi connectivity index (χ0v) is 20.5. The van der Waals surface area contributed by atoms with Crippen LogP contribution in [0.25, 0.3) is 5.65 Å². The van der Waals surface area contributed by atoms with Gasteiger partial charge in [0.2, 0.25) is 12.7 Å². The highest BCUT2D eigenvalue weighted by molar-refractivity contribution is 5.79. The van der Waals surface area contributed by atoms with Gasteiger partial charge in [-0.15, -0.1) is 0 Å². The van der Waals surface area contributed by atoms with Gasteiger partial charge < -0.3 is 18.8 Å². The van der Waals surface area contributed by atoms with E-state index in [2.05, 4.69) is 49.1 Å². The maximum absolute atomic E-state index is 13.9. The Morgan fingerprint density at radius 1 is 1.18 bits per heavy atom. The summed E-state index contributed by atoms with van der Waals surface area (Å²) in [4.78, 5) is 20.8. The number of aryl methyl sites for hydroxylation is 1. The van der Waals surface area contributed by atoms with E-state index < -0.39 is 0 Å². The summed E-state index contributed by atoms with van der Waals surface area (Å²) in [5.41, 5.74) is 4.63. The number of aromatic nitrogens is 2. The van der Waals surface area contributed by atoms with Crippen LogP contribution in [-0.4, -0.2) is 39.6 Å². The van der Waals surface area contributed by atoms with Crippen LogP contribution in [0.3, 0.4) is 0 Å². The third-order valence-electron chi connectivity index (χ3n) is 8.03. The van der Waals surface area contributed by atoms with E-state index in [0.717, 1.165) is 53.4 Å². The second-order valence-electron chi connectivity index (χ2n) is 11.7. The summed E-state index contributed by atoms with van der Waals surface area (Å²) < 4.78 is 13.3. The van der Waals surface area contributed by atoms with Gasteiger partial charge >= 0.3 is 0 Å². The number of fused-ring (bicyclic) bond motifs is 4. The molecule has 6 nitrogen and oxygen atoms in total. The Bertz CT molecular complexity index is 1280. The van der Waals surface area contributed by atoms with Gasteiger partial charge in [-0.2, -0.15) is 0 Å². The quantitative estimate of drug-likeness (QED) is 0.530. The lowest BCUT2D eigenvalue weighted by Gasteiger charge is -2.39. The molecular formula is C28H33N3O3. The van der Waals surface area contributed by atoms with Gasteiger partial charge in [-0.25, -0.2) is 4.98 Å². The fourth-order valence-electron chi connectivity index (χ4n) is 6.99. The van der Waals surface area contributed by atoms with Crippen LogP contribution in [0.1, 0.15) is 69.2 Å². The number of hydrogen-bond acceptors (Lipinski definition) is 4. The zero-order valence-electron chi connectivity index (χ0n) is 20.5. The van der Waals surface area contributed by atoms with Crippen molar-refractivity contribution in [2.45, 2.75) is 65.3 Å². The van der Waals surface area contributed by atoms with Crippen LogP contribution in [0, 0.1) is 17.8 Å². The Hall–Kier alpha value is -3.02. The lowest BCUT2D eigenvalue weighted by atomic mass is 9.65. The van der Waals surface area contributed by atoms with Crippen LogP contribution >= 0.6 is 0 Å². The molecule has 3 unspecified atom stereocenters. The first kappa shape index (κ1) is 21.5. The second kappa shape index (κ2) is 7.49. The fourth-order valence-corrected chi connectivity index (χ4v) is 6.99. The number of hydrogen-bond donors (Lipinski definition) is 0. The van der Waals surface area contributed by atoms with Crippen LogP contribution in [0.15, 0.2) is 42.7 Å². The molecule has 2 bridgehead atoms. The molecule has 1 aliphatic carbocycles. The largest absolute Gasteiger partial charge is 0.454 e. The highest BCUT2D eigenvalue weighted by Crippen LogP contribution is 2.53. The van der Waals surface area contributed by atoms with E-state index in [1.807, 2.05) is 30.6 Å². The molecule has 178 valence electrons. The first-order chi connectivity index (χ1) is 16.2. The summed E-state index contributed by atoms with van der Waals surface area (Å²) >= 11 is 0. The van der Waals surface area contributed by atoms with Gasteiger partial charge in [-0.3, -0.25) is 4.79 Å². The highest BCUT2D eigenvalue weighted by Gasteiger charge is 2.51. The standard InChI is InChI=1S/C28H33N3O3/c1-18-6-5-9-30-22(14-29-26(18)30)21(19-7-8-23-24(10-19)34-17-33-23)11-25(32)31-16-28(4)13-20(31)12-27(2,3)15-28/h5-10,14,20-21H,11-13,15-17H2,1-4H3. The molecule has 3 aromatic rings. The molecule has 2 aromatic heterocycles. The first-order valence-corrected chi connectivity index (χ1v) is 12.3. The van der Waals surface area contributed by atoms with Crippen molar-refractivity contribution in [1.29, 1.82) is 0 Å². The van der Waals surface area contributed by atoms with Crippen molar-refractivity contribution in [3.8, 4) is 11.5 Å². The Morgan fingerprint density at radius 2 is 2.00 bits per heavy atom. The maximum Gasteiger partial charge on any atom is 0.231 e. The molecule has 1 aromatic carbocycles. The number of nitrogens with zero attached hydrogens (tertiary/aromatic N) is 3. The van der Waals surface area contributed by atoms with Gasteiger partial charge in [-0.1, -0.05) is 32.9 Å². The average Bonchev–Trinajstić information content (AvgIpc) is 3.47. The molecule has 0 radical (unpaired) electrons.